The van der Waals surface area contributed by atoms with Crippen LogP contribution in [-0.4, -0.2) is 141 Å². The molecule has 0 saturated heterocycles. The summed E-state index contributed by atoms with van der Waals surface area (Å²) in [5.41, 5.74) is 30.5. The molecule has 23 nitrogen and oxygen atoms in total. The van der Waals surface area contributed by atoms with Crippen LogP contribution in [0.5, 0.6) is 0 Å². The largest absolute Gasteiger partial charge is 0.368 e. The molecule has 0 bridgehead atoms. The van der Waals surface area contributed by atoms with E-state index in [4.69, 9.17) is 28.7 Å². The molecule has 0 fully saturated rings. The zero-order valence-corrected chi connectivity index (χ0v) is 53.7. The third kappa shape index (κ3) is 28.7. The first-order valence-corrected chi connectivity index (χ1v) is 32.2. The van der Waals surface area contributed by atoms with Gasteiger partial charge < -0.3 is 65.9 Å². The van der Waals surface area contributed by atoms with Crippen molar-refractivity contribution in [2.45, 2.75) is 199 Å². The van der Waals surface area contributed by atoms with Crippen LogP contribution in [0.25, 0.3) is 0 Å². The van der Waals surface area contributed by atoms with Gasteiger partial charge in [-0.1, -0.05) is 85.7 Å². The van der Waals surface area contributed by atoms with E-state index in [1.54, 1.807) is 12.1 Å². The molecule has 0 saturated carbocycles. The van der Waals surface area contributed by atoms with Crippen LogP contribution >= 0.6 is 22.6 Å². The molecular formula is C59H100IN13O10S. The molecule has 0 unspecified atom stereocenters. The van der Waals surface area contributed by atoms with E-state index in [1.165, 1.54) is 12.1 Å². The molecule has 474 valence electrons. The van der Waals surface area contributed by atoms with Crippen LogP contribution in [0.2, 0.25) is 0 Å². The Bertz CT molecular complexity index is 2470. The van der Waals surface area contributed by atoms with Crippen molar-refractivity contribution in [2.24, 2.45) is 52.3 Å². The van der Waals surface area contributed by atoms with E-state index in [1.807, 2.05) is 85.7 Å². The topological polar surface area (TPSA) is 388 Å². The van der Waals surface area contributed by atoms with E-state index in [9.17, 15) is 46.8 Å². The normalized spacial score (nSPS) is 14.6. The van der Waals surface area contributed by atoms with Crippen LogP contribution < -0.4 is 65.9 Å². The van der Waals surface area contributed by atoms with Gasteiger partial charge in [-0.2, -0.15) is 4.31 Å². The monoisotopic (exact) mass is 1310 g/mol. The molecule has 8 amide bonds. The Balaban J connectivity index is 2.46. The number of halogens is 1. The highest BCUT2D eigenvalue weighted by Gasteiger charge is 2.36. The van der Waals surface area contributed by atoms with E-state index in [0.717, 1.165) is 13.4 Å². The van der Waals surface area contributed by atoms with Gasteiger partial charge in [0.25, 0.3) is 0 Å². The number of hydrogen-bond donors (Lipinski definition) is 12. The maximum atomic E-state index is 14.5. The van der Waals surface area contributed by atoms with E-state index in [2.05, 4.69) is 59.8 Å². The fourth-order valence-electron chi connectivity index (χ4n) is 9.39. The number of primary amides is 1. The van der Waals surface area contributed by atoms with E-state index in [-0.39, 0.29) is 80.1 Å². The first-order valence-electron chi connectivity index (χ1n) is 29.7. The minimum Gasteiger partial charge on any atom is -0.368 e. The summed E-state index contributed by atoms with van der Waals surface area (Å²) < 4.78 is 30.2. The highest BCUT2D eigenvalue weighted by atomic mass is 127. The molecule has 0 aliphatic rings. The van der Waals surface area contributed by atoms with Crippen LogP contribution in [0.4, 0.5) is 0 Å². The quantitative estimate of drug-likeness (QED) is 0.0335. The van der Waals surface area contributed by atoms with Crippen molar-refractivity contribution in [3.8, 4) is 0 Å². The Kier molecular flexibility index (Phi) is 35.1. The second kappa shape index (κ2) is 39.4. The molecule has 25 heteroatoms. The van der Waals surface area contributed by atoms with Crippen molar-refractivity contribution in [3.63, 3.8) is 0 Å². The van der Waals surface area contributed by atoms with Crippen molar-refractivity contribution in [2.75, 3.05) is 32.7 Å². The molecule has 0 aromatic heterocycles. The number of nitrogens with zero attached hydrogens (tertiary/aromatic N) is 1. The first-order chi connectivity index (χ1) is 39.6. The summed E-state index contributed by atoms with van der Waals surface area (Å²) in [5.74, 6) is -5.98. The van der Waals surface area contributed by atoms with Gasteiger partial charge in [0.15, 0.2) is 0 Å². The fourth-order valence-corrected chi connectivity index (χ4v) is 11.2. The van der Waals surface area contributed by atoms with Crippen molar-refractivity contribution < 1.29 is 46.8 Å². The Morgan fingerprint density at radius 1 is 0.476 bits per heavy atom. The third-order valence-corrected chi connectivity index (χ3v) is 16.2. The molecule has 0 spiro atoms. The van der Waals surface area contributed by atoms with Gasteiger partial charge in [-0.25, -0.2) is 8.42 Å². The lowest BCUT2D eigenvalue weighted by Crippen LogP contribution is -2.60. The van der Waals surface area contributed by atoms with Crippen molar-refractivity contribution in [1.82, 2.24) is 41.5 Å². The third-order valence-electron chi connectivity index (χ3n) is 13.7. The summed E-state index contributed by atoms with van der Waals surface area (Å²) in [6.07, 6.45) is 4.10. The van der Waals surface area contributed by atoms with Gasteiger partial charge in [0.05, 0.1) is 11.4 Å². The fraction of sp³-hybridized carbons (Fsp3) is 0.661. The molecule has 17 N–H and O–H groups in total. The number of carbonyl (C=O) groups excluding carboxylic acids is 8. The molecule has 2 aromatic rings. The summed E-state index contributed by atoms with van der Waals surface area (Å²) in [6, 6.07) is 6.60. The second-order valence-electron chi connectivity index (χ2n) is 23.5. The van der Waals surface area contributed by atoms with Crippen LogP contribution in [0.3, 0.4) is 0 Å². The number of sulfonamides is 1. The SMILES string of the molecule is CC(C)C[C@H](NC(=O)[C@H](CC(C)C)NC(=O)[C@H](CCCCN)NC(=O)[C@H](CCCCN)NC(=O)[C@H](CC(C)C)NC(=O)[C@H](CC(C)C)NC(=O)[C@H](CCCCN)NC(=O)CN(C[C@@H](N)Cc1ccccc1)S(=O)(=O)c1ccc(I)cc1)C(N)=O. The zero-order valence-electron chi connectivity index (χ0n) is 50.8. The number of rotatable bonds is 42. The zero-order chi connectivity index (χ0) is 63.1. The molecule has 0 radical (unpaired) electrons. The minimum atomic E-state index is -4.28. The highest BCUT2D eigenvalue weighted by Crippen LogP contribution is 2.20. The minimum absolute atomic E-state index is 0.0275. The number of benzene rings is 2. The molecule has 84 heavy (non-hydrogen) atoms. The molecule has 0 heterocycles. The predicted octanol–water partition coefficient (Wildman–Crippen LogP) is 2.30. The van der Waals surface area contributed by atoms with Crippen LogP contribution in [-0.2, 0) is 54.8 Å². The Morgan fingerprint density at radius 3 is 1.17 bits per heavy atom. The summed E-state index contributed by atoms with van der Waals surface area (Å²) in [7, 11) is -4.28. The van der Waals surface area contributed by atoms with Crippen LogP contribution in [0.15, 0.2) is 59.5 Å². The van der Waals surface area contributed by atoms with Gasteiger partial charge in [-0.05, 0) is 186 Å². The summed E-state index contributed by atoms with van der Waals surface area (Å²) in [4.78, 5) is 112. The standard InChI is InChI=1S/C59H100IN13O10S/c1-37(2)30-48(53(65)75)69-58(80)50(32-39(5)6)71-56(78)47(22-14-17-29-63)67-55(77)46(21-13-16-28-62)68-57(79)49(31-38(3)4)72-59(81)51(33-40(7)8)70-54(76)45(20-12-15-27-61)66-52(74)36-73(35-43(64)34-41-18-10-9-11-19-41)84(82,83)44-25-23-42(60)24-26-44/h9-11,18-19,23-26,37-40,43,45-51H,12-17,20-22,27-36,61-64H2,1-8H3,(H2,65,75)(H,66,74)(H,67,77)(H,68,79)(H,69,80)(H,70,76)(H,71,78)(H,72,81)/t43-,45-,46-,47-,48-,49-,50-,51-/m0/s1. The molecular weight excluding hydrogens is 1210 g/mol. The number of nitrogens with two attached hydrogens (primary N) is 5. The van der Waals surface area contributed by atoms with Crippen molar-refractivity contribution in [3.05, 3.63) is 63.7 Å². The van der Waals surface area contributed by atoms with Crippen LogP contribution in [0, 0.1) is 27.2 Å². The van der Waals surface area contributed by atoms with Crippen LogP contribution in [0.1, 0.15) is 144 Å². The summed E-state index contributed by atoms with van der Waals surface area (Å²) in [5, 5.41) is 19.4. The van der Waals surface area contributed by atoms with E-state index >= 15 is 0 Å². The number of unbranched alkanes of at least 4 members (excludes halogenated alkanes) is 3. The molecule has 8 atom stereocenters. The summed E-state index contributed by atoms with van der Waals surface area (Å²) in [6.45, 7) is 14.9. The van der Waals surface area contributed by atoms with E-state index < -0.39 is 112 Å². The number of carbonyl (C=O) groups is 8. The first kappa shape index (κ1) is 74.8. The maximum Gasteiger partial charge on any atom is 0.243 e. The molecule has 2 aromatic carbocycles. The maximum absolute atomic E-state index is 14.5. The number of amides is 8. The highest BCUT2D eigenvalue weighted by molar-refractivity contribution is 14.1. The smallest absolute Gasteiger partial charge is 0.243 e. The van der Waals surface area contributed by atoms with Crippen molar-refractivity contribution in [1.29, 1.82) is 0 Å². The average Bonchev–Trinajstić information content (AvgIpc) is 3.62. The van der Waals surface area contributed by atoms with Crippen molar-refractivity contribution >= 4 is 79.9 Å². The lowest BCUT2D eigenvalue weighted by molar-refractivity contribution is -0.136. The average molecular weight is 1310 g/mol. The summed E-state index contributed by atoms with van der Waals surface area (Å²) >= 11 is 2.06. The van der Waals surface area contributed by atoms with Gasteiger partial charge in [-0.15, -0.1) is 0 Å². The van der Waals surface area contributed by atoms with E-state index in [0.29, 0.717) is 64.6 Å². The van der Waals surface area contributed by atoms with Gasteiger partial charge in [0, 0.05) is 16.2 Å². The molecule has 2 rings (SSSR count). The van der Waals surface area contributed by atoms with Gasteiger partial charge in [0.1, 0.15) is 42.3 Å². The molecule has 0 aliphatic heterocycles. The second-order valence-corrected chi connectivity index (χ2v) is 26.6. The van der Waals surface area contributed by atoms with Gasteiger partial charge in [-0.3, -0.25) is 38.4 Å². The number of hydrogen-bond acceptors (Lipinski definition) is 14. The lowest BCUT2D eigenvalue weighted by atomic mass is 9.98. The lowest BCUT2D eigenvalue weighted by Gasteiger charge is -2.29. The van der Waals surface area contributed by atoms with Gasteiger partial charge >= 0.3 is 0 Å². The Labute approximate surface area is 512 Å². The number of nitrogens with one attached hydrogen (secondary N) is 7. The van der Waals surface area contributed by atoms with Gasteiger partial charge in [0.2, 0.25) is 57.3 Å². The predicted molar refractivity (Wildman–Crippen MR) is 335 cm³/mol. The molecule has 0 aliphatic carbocycles. The Morgan fingerprint density at radius 2 is 0.810 bits per heavy atom. The Hall–Kier alpha value is -5.32.